The van der Waals surface area contributed by atoms with Gasteiger partial charge in [0.15, 0.2) is 0 Å². The first-order valence-corrected chi connectivity index (χ1v) is 9.22. The molecule has 1 aliphatic carbocycles. The number of rotatable bonds is 6. The number of hydrogen-bond acceptors (Lipinski definition) is 3. The number of hydrogen-bond donors (Lipinski definition) is 2. The maximum Gasteiger partial charge on any atom is 0.339 e. The minimum absolute atomic E-state index is 0.235. The van der Waals surface area contributed by atoms with Crippen LogP contribution in [0.4, 0.5) is 11.5 Å². The minimum atomic E-state index is -0.948. The first-order valence-electron chi connectivity index (χ1n) is 9.22. The van der Waals surface area contributed by atoms with Crippen molar-refractivity contribution in [3.05, 3.63) is 53.3 Å². The number of benzene rings is 1. The van der Waals surface area contributed by atoms with Crippen molar-refractivity contribution in [2.75, 3.05) is 5.32 Å². The topological polar surface area (TPSA) is 67.2 Å². The molecule has 0 aliphatic heterocycles. The van der Waals surface area contributed by atoms with Gasteiger partial charge in [-0.25, -0.2) is 9.78 Å². The van der Waals surface area contributed by atoms with Crippen molar-refractivity contribution in [1.82, 2.24) is 9.55 Å². The summed E-state index contributed by atoms with van der Waals surface area (Å²) in [5, 5.41) is 14.0. The molecule has 26 heavy (non-hydrogen) atoms. The van der Waals surface area contributed by atoms with E-state index >= 15 is 0 Å². The SMILES string of the molecule is CCc1cc(Nc2ncc(C3CC3)cc2C(=O)O)cc2ccn(CC)c12. The molecule has 4 rings (SSSR count). The van der Waals surface area contributed by atoms with Gasteiger partial charge in [0.25, 0.3) is 0 Å². The summed E-state index contributed by atoms with van der Waals surface area (Å²) in [6, 6.07) is 8.02. The quantitative estimate of drug-likeness (QED) is 0.661. The fourth-order valence-corrected chi connectivity index (χ4v) is 3.57. The summed E-state index contributed by atoms with van der Waals surface area (Å²) in [6.45, 7) is 5.20. The number of carboxylic acid groups (broad SMARTS) is 1. The molecule has 0 saturated heterocycles. The van der Waals surface area contributed by atoms with Crippen molar-refractivity contribution in [1.29, 1.82) is 0 Å². The van der Waals surface area contributed by atoms with Gasteiger partial charge >= 0.3 is 5.97 Å². The molecular weight excluding hydrogens is 326 g/mol. The Morgan fingerprint density at radius 2 is 2.12 bits per heavy atom. The molecule has 5 heteroatoms. The molecular formula is C21H23N3O2. The molecule has 1 aliphatic rings. The maximum atomic E-state index is 11.7. The van der Waals surface area contributed by atoms with Crippen LogP contribution in [-0.4, -0.2) is 20.6 Å². The number of nitrogens with zero attached hydrogens (tertiary/aromatic N) is 2. The zero-order chi connectivity index (χ0) is 18.3. The second kappa shape index (κ2) is 6.48. The molecule has 5 nitrogen and oxygen atoms in total. The zero-order valence-electron chi connectivity index (χ0n) is 15.1. The monoisotopic (exact) mass is 349 g/mol. The van der Waals surface area contributed by atoms with Gasteiger partial charge in [0.2, 0.25) is 0 Å². The van der Waals surface area contributed by atoms with Crippen LogP contribution in [0.2, 0.25) is 0 Å². The Hall–Kier alpha value is -2.82. The Balaban J connectivity index is 1.74. The lowest BCUT2D eigenvalue weighted by Gasteiger charge is -2.13. The molecule has 1 saturated carbocycles. The molecule has 2 N–H and O–H groups in total. The molecule has 1 fully saturated rings. The summed E-state index contributed by atoms with van der Waals surface area (Å²) < 4.78 is 2.24. The molecule has 3 aromatic rings. The third-order valence-electron chi connectivity index (χ3n) is 5.11. The van der Waals surface area contributed by atoms with Crippen LogP contribution < -0.4 is 5.32 Å². The highest BCUT2D eigenvalue weighted by Crippen LogP contribution is 2.40. The van der Waals surface area contributed by atoms with Crippen molar-refractivity contribution in [3.8, 4) is 0 Å². The van der Waals surface area contributed by atoms with E-state index in [1.807, 2.05) is 0 Å². The van der Waals surface area contributed by atoms with Gasteiger partial charge in [-0.2, -0.15) is 0 Å². The van der Waals surface area contributed by atoms with Crippen LogP contribution >= 0.6 is 0 Å². The van der Waals surface area contributed by atoms with E-state index in [1.54, 1.807) is 12.3 Å². The van der Waals surface area contributed by atoms with Crippen LogP contribution in [0.3, 0.4) is 0 Å². The highest BCUT2D eigenvalue weighted by molar-refractivity contribution is 5.95. The highest BCUT2D eigenvalue weighted by Gasteiger charge is 2.26. The van der Waals surface area contributed by atoms with Crippen molar-refractivity contribution in [2.24, 2.45) is 0 Å². The van der Waals surface area contributed by atoms with E-state index in [-0.39, 0.29) is 5.56 Å². The van der Waals surface area contributed by atoms with Gasteiger partial charge in [-0.1, -0.05) is 6.92 Å². The van der Waals surface area contributed by atoms with Crippen molar-refractivity contribution >= 4 is 28.4 Å². The predicted octanol–water partition coefficient (Wildman–Crippen LogP) is 4.94. The van der Waals surface area contributed by atoms with Gasteiger partial charge in [-0.15, -0.1) is 0 Å². The largest absolute Gasteiger partial charge is 0.478 e. The molecule has 0 radical (unpaired) electrons. The lowest BCUT2D eigenvalue weighted by Crippen LogP contribution is -2.06. The lowest BCUT2D eigenvalue weighted by molar-refractivity contribution is 0.0697. The summed E-state index contributed by atoms with van der Waals surface area (Å²) >= 11 is 0. The van der Waals surface area contributed by atoms with Crippen LogP contribution in [0.15, 0.2) is 36.7 Å². The Bertz CT molecular complexity index is 986. The fraction of sp³-hybridized carbons (Fsp3) is 0.333. The Morgan fingerprint density at radius 1 is 1.31 bits per heavy atom. The molecule has 2 aromatic heterocycles. The van der Waals surface area contributed by atoms with E-state index in [1.165, 1.54) is 11.1 Å². The lowest BCUT2D eigenvalue weighted by atomic mass is 10.1. The molecule has 0 spiro atoms. The van der Waals surface area contributed by atoms with Gasteiger partial charge in [0.1, 0.15) is 11.4 Å². The molecule has 2 heterocycles. The van der Waals surface area contributed by atoms with Crippen LogP contribution in [0.25, 0.3) is 10.9 Å². The number of anilines is 2. The Labute approximate surface area is 152 Å². The number of aryl methyl sites for hydroxylation is 2. The third-order valence-corrected chi connectivity index (χ3v) is 5.11. The third kappa shape index (κ3) is 2.94. The number of fused-ring (bicyclic) bond motifs is 1. The van der Waals surface area contributed by atoms with Gasteiger partial charge < -0.3 is 15.0 Å². The summed E-state index contributed by atoms with van der Waals surface area (Å²) in [5.41, 5.74) is 4.62. The first-order chi connectivity index (χ1) is 12.6. The average molecular weight is 349 g/mol. The molecule has 0 amide bonds. The first kappa shape index (κ1) is 16.6. The van der Waals surface area contributed by atoms with Crippen molar-refractivity contribution < 1.29 is 9.90 Å². The molecule has 0 bridgehead atoms. The maximum absolute atomic E-state index is 11.7. The van der Waals surface area contributed by atoms with Gasteiger partial charge in [0, 0.05) is 30.0 Å². The van der Waals surface area contributed by atoms with Crippen LogP contribution in [0.1, 0.15) is 54.1 Å². The minimum Gasteiger partial charge on any atom is -0.478 e. The van der Waals surface area contributed by atoms with Gasteiger partial charge in [-0.05, 0) is 67.5 Å². The fourth-order valence-electron chi connectivity index (χ4n) is 3.57. The van der Waals surface area contributed by atoms with E-state index in [9.17, 15) is 9.90 Å². The van der Waals surface area contributed by atoms with Crippen molar-refractivity contribution in [2.45, 2.75) is 45.6 Å². The predicted molar refractivity (Wildman–Crippen MR) is 103 cm³/mol. The molecule has 1 aromatic carbocycles. The summed E-state index contributed by atoms with van der Waals surface area (Å²) in [7, 11) is 0. The Morgan fingerprint density at radius 3 is 2.77 bits per heavy atom. The van der Waals surface area contributed by atoms with E-state index in [0.717, 1.165) is 42.4 Å². The van der Waals surface area contributed by atoms with Crippen molar-refractivity contribution in [3.63, 3.8) is 0 Å². The standard InChI is InChI=1S/C21H23N3O2/c1-3-13-9-17(10-15-7-8-24(4-2)19(13)15)23-20-18(21(25)26)11-16(12-22-20)14-5-6-14/h7-12,14H,3-6H2,1-2H3,(H,22,23)(H,25,26). The number of pyridine rings is 1. The van der Waals surface area contributed by atoms with E-state index in [2.05, 4.69) is 53.1 Å². The molecule has 0 unspecified atom stereocenters. The number of carboxylic acids is 1. The molecule has 0 atom stereocenters. The summed E-state index contributed by atoms with van der Waals surface area (Å²) in [5.74, 6) is -0.0684. The van der Waals surface area contributed by atoms with Crippen LogP contribution in [-0.2, 0) is 13.0 Å². The normalized spacial score (nSPS) is 13.9. The zero-order valence-corrected chi connectivity index (χ0v) is 15.1. The van der Waals surface area contributed by atoms with E-state index in [0.29, 0.717) is 11.7 Å². The number of nitrogens with one attached hydrogen (secondary N) is 1. The Kier molecular flexibility index (Phi) is 4.15. The second-order valence-corrected chi connectivity index (χ2v) is 6.90. The smallest absolute Gasteiger partial charge is 0.339 e. The van der Waals surface area contributed by atoms with E-state index in [4.69, 9.17) is 0 Å². The number of aromatic nitrogens is 2. The number of aromatic carboxylic acids is 1. The van der Waals surface area contributed by atoms with Gasteiger partial charge in [0.05, 0.1) is 5.52 Å². The van der Waals surface area contributed by atoms with Crippen LogP contribution in [0.5, 0.6) is 0 Å². The number of carbonyl (C=O) groups is 1. The highest BCUT2D eigenvalue weighted by atomic mass is 16.4. The average Bonchev–Trinajstić information content (AvgIpc) is 3.41. The molecule has 134 valence electrons. The van der Waals surface area contributed by atoms with Crippen LogP contribution in [0, 0.1) is 0 Å². The second-order valence-electron chi connectivity index (χ2n) is 6.90. The van der Waals surface area contributed by atoms with E-state index < -0.39 is 5.97 Å². The summed E-state index contributed by atoms with van der Waals surface area (Å²) in [6.07, 6.45) is 7.06. The summed E-state index contributed by atoms with van der Waals surface area (Å²) in [4.78, 5) is 16.1. The van der Waals surface area contributed by atoms with Gasteiger partial charge in [-0.3, -0.25) is 0 Å².